The Kier molecular flexibility index (Phi) is 7.63. The van der Waals surface area contributed by atoms with E-state index < -0.39 is 46.9 Å². The van der Waals surface area contributed by atoms with Crippen molar-refractivity contribution in [2.24, 2.45) is 5.41 Å². The van der Waals surface area contributed by atoms with Gasteiger partial charge < -0.3 is 15.7 Å². The molecule has 1 amide bonds. The summed E-state index contributed by atoms with van der Waals surface area (Å²) in [5.41, 5.74) is -5.79. The van der Waals surface area contributed by atoms with Crippen molar-refractivity contribution >= 4 is 5.91 Å². The van der Waals surface area contributed by atoms with E-state index in [-0.39, 0.29) is 17.7 Å². The summed E-state index contributed by atoms with van der Waals surface area (Å²) in [7, 11) is 0. The molecule has 2 aliphatic rings. The molecule has 2 fully saturated rings. The maximum atomic E-state index is 13.2. The number of halogens is 6. The summed E-state index contributed by atoms with van der Waals surface area (Å²) in [5, 5.41) is 17.0. The van der Waals surface area contributed by atoms with Gasteiger partial charge in [0.25, 0.3) is 0 Å². The van der Waals surface area contributed by atoms with Crippen molar-refractivity contribution in [3.8, 4) is 0 Å². The molecule has 10 heteroatoms. The minimum Gasteiger partial charge on any atom is -0.389 e. The Balaban J connectivity index is 1.76. The molecule has 0 bridgehead atoms. The Labute approximate surface area is 195 Å². The number of hydrogen-bond acceptors (Lipinski definition) is 3. The van der Waals surface area contributed by atoms with E-state index in [0.29, 0.717) is 37.4 Å². The second-order valence-electron chi connectivity index (χ2n) is 10.2. The van der Waals surface area contributed by atoms with Crippen LogP contribution in [0.3, 0.4) is 0 Å². The highest BCUT2D eigenvalue weighted by molar-refractivity contribution is 5.84. The summed E-state index contributed by atoms with van der Waals surface area (Å²) < 4.78 is 78.8. The molecule has 0 saturated heterocycles. The zero-order valence-electron chi connectivity index (χ0n) is 19.4. The summed E-state index contributed by atoms with van der Waals surface area (Å²) in [6, 6.07) is 1.63. The zero-order chi connectivity index (χ0) is 25.4. The Bertz CT molecular complexity index is 839. The van der Waals surface area contributed by atoms with Crippen molar-refractivity contribution in [2.45, 2.75) is 102 Å². The summed E-state index contributed by atoms with van der Waals surface area (Å²) in [6.07, 6.45) is -2.99. The summed E-state index contributed by atoms with van der Waals surface area (Å²) >= 11 is 0. The van der Waals surface area contributed by atoms with E-state index in [0.717, 1.165) is 25.7 Å². The fraction of sp³-hybridized carbons (Fsp3) is 0.708. The highest BCUT2D eigenvalue weighted by Crippen LogP contribution is 2.47. The molecule has 34 heavy (non-hydrogen) atoms. The van der Waals surface area contributed by atoms with Gasteiger partial charge in [0.2, 0.25) is 5.91 Å². The number of alkyl halides is 6. The topological polar surface area (TPSA) is 61.4 Å². The SMILES string of the molecule is CC(C)(O)[C@]1(C(=O)NCc2cc(C(F)(F)F)cc(C(F)(F)F)c2)CC[C@@H](NC2CCCCC2)C1. The van der Waals surface area contributed by atoms with Crippen LogP contribution in [0, 0.1) is 5.41 Å². The molecule has 4 nitrogen and oxygen atoms in total. The quantitative estimate of drug-likeness (QED) is 0.453. The third-order valence-corrected chi connectivity index (χ3v) is 7.30. The predicted octanol–water partition coefficient (Wildman–Crippen LogP) is 5.57. The fourth-order valence-corrected chi connectivity index (χ4v) is 5.30. The summed E-state index contributed by atoms with van der Waals surface area (Å²) in [5.74, 6) is -0.570. The molecule has 0 heterocycles. The molecule has 192 valence electrons. The maximum absolute atomic E-state index is 13.2. The Morgan fingerprint density at radius 1 is 0.941 bits per heavy atom. The average molecular weight is 495 g/mol. The smallest absolute Gasteiger partial charge is 0.389 e. The van der Waals surface area contributed by atoms with Crippen LogP contribution in [-0.4, -0.2) is 28.7 Å². The number of hydrogen-bond donors (Lipinski definition) is 3. The molecule has 2 atom stereocenters. The first-order valence-corrected chi connectivity index (χ1v) is 11.7. The minimum atomic E-state index is -4.96. The molecule has 1 aromatic carbocycles. The lowest BCUT2D eigenvalue weighted by atomic mass is 9.71. The molecular weight excluding hydrogens is 462 g/mol. The first-order chi connectivity index (χ1) is 15.6. The third-order valence-electron chi connectivity index (χ3n) is 7.30. The van der Waals surface area contributed by atoms with Crippen molar-refractivity contribution in [3.63, 3.8) is 0 Å². The molecule has 1 aromatic rings. The molecule has 0 radical (unpaired) electrons. The van der Waals surface area contributed by atoms with Crippen molar-refractivity contribution in [1.82, 2.24) is 10.6 Å². The largest absolute Gasteiger partial charge is 0.416 e. The van der Waals surface area contributed by atoms with Crippen LogP contribution in [0.15, 0.2) is 18.2 Å². The van der Waals surface area contributed by atoms with Gasteiger partial charge in [0.1, 0.15) is 0 Å². The van der Waals surface area contributed by atoms with Gasteiger partial charge in [-0.1, -0.05) is 19.3 Å². The van der Waals surface area contributed by atoms with Crippen LogP contribution in [0.2, 0.25) is 0 Å². The zero-order valence-corrected chi connectivity index (χ0v) is 19.4. The number of rotatable bonds is 6. The van der Waals surface area contributed by atoms with Gasteiger partial charge in [-0.3, -0.25) is 4.79 Å². The highest BCUT2D eigenvalue weighted by Gasteiger charge is 2.54. The predicted molar refractivity (Wildman–Crippen MR) is 115 cm³/mol. The number of carbonyl (C=O) groups excluding carboxylic acids is 1. The van der Waals surface area contributed by atoms with Crippen LogP contribution < -0.4 is 10.6 Å². The lowest BCUT2D eigenvalue weighted by Gasteiger charge is -2.39. The standard InChI is InChI=1S/C24H32F6N2O2/c1-21(2,34)22(9-8-19(13-22)32-18-6-4-3-5-7-18)20(33)31-14-15-10-16(23(25,26)27)12-17(11-15)24(28,29)30/h10-12,18-19,32,34H,3-9,13-14H2,1-2H3,(H,31,33)/t19-,22-/m1/s1. The lowest BCUT2D eigenvalue weighted by Crippen LogP contribution is -2.53. The molecule has 0 unspecified atom stereocenters. The van der Waals surface area contributed by atoms with Gasteiger partial charge in [0.05, 0.1) is 22.1 Å². The van der Waals surface area contributed by atoms with E-state index in [1.165, 1.54) is 20.3 Å². The molecule has 2 saturated carbocycles. The second kappa shape index (κ2) is 9.68. The average Bonchev–Trinajstić information content (AvgIpc) is 3.16. The number of amides is 1. The van der Waals surface area contributed by atoms with Gasteiger partial charge in [-0.05, 0) is 69.7 Å². The van der Waals surface area contributed by atoms with Crippen LogP contribution in [0.5, 0.6) is 0 Å². The van der Waals surface area contributed by atoms with Crippen LogP contribution in [0.25, 0.3) is 0 Å². The number of benzene rings is 1. The maximum Gasteiger partial charge on any atom is 0.416 e. The van der Waals surface area contributed by atoms with E-state index in [4.69, 9.17) is 0 Å². The van der Waals surface area contributed by atoms with Crippen LogP contribution in [0.1, 0.15) is 81.9 Å². The van der Waals surface area contributed by atoms with E-state index in [2.05, 4.69) is 10.6 Å². The monoisotopic (exact) mass is 494 g/mol. The molecule has 3 rings (SSSR count). The summed E-state index contributed by atoms with van der Waals surface area (Å²) in [6.45, 7) is 2.52. The molecular formula is C24H32F6N2O2. The first kappa shape index (κ1) is 26.8. The lowest BCUT2D eigenvalue weighted by molar-refractivity contribution is -0.146. The van der Waals surface area contributed by atoms with Gasteiger partial charge in [0.15, 0.2) is 0 Å². The van der Waals surface area contributed by atoms with Crippen molar-refractivity contribution in [3.05, 3.63) is 34.9 Å². The number of nitrogens with one attached hydrogen (secondary N) is 2. The van der Waals surface area contributed by atoms with E-state index in [1.54, 1.807) is 0 Å². The van der Waals surface area contributed by atoms with Gasteiger partial charge in [-0.15, -0.1) is 0 Å². The molecule has 0 aliphatic heterocycles. The first-order valence-electron chi connectivity index (χ1n) is 11.7. The normalized spacial score (nSPS) is 24.9. The van der Waals surface area contributed by atoms with E-state index >= 15 is 0 Å². The summed E-state index contributed by atoms with van der Waals surface area (Å²) in [4.78, 5) is 13.2. The minimum absolute atomic E-state index is 0.00524. The number of carbonyl (C=O) groups is 1. The highest BCUT2D eigenvalue weighted by atomic mass is 19.4. The molecule has 3 N–H and O–H groups in total. The van der Waals surface area contributed by atoms with Crippen LogP contribution in [-0.2, 0) is 23.7 Å². The third kappa shape index (κ3) is 6.05. The van der Waals surface area contributed by atoms with Crippen molar-refractivity contribution < 1.29 is 36.2 Å². The van der Waals surface area contributed by atoms with E-state index in [9.17, 15) is 36.2 Å². The Morgan fingerprint density at radius 3 is 2.00 bits per heavy atom. The van der Waals surface area contributed by atoms with Crippen molar-refractivity contribution in [2.75, 3.05) is 0 Å². The second-order valence-corrected chi connectivity index (χ2v) is 10.2. The Hall–Kier alpha value is -1.81. The van der Waals surface area contributed by atoms with E-state index in [1.807, 2.05) is 0 Å². The van der Waals surface area contributed by atoms with Crippen LogP contribution >= 0.6 is 0 Å². The molecule has 0 aromatic heterocycles. The fourth-order valence-electron chi connectivity index (χ4n) is 5.30. The molecule has 0 spiro atoms. The van der Waals surface area contributed by atoms with Gasteiger partial charge in [-0.25, -0.2) is 0 Å². The van der Waals surface area contributed by atoms with Gasteiger partial charge >= 0.3 is 12.4 Å². The number of aliphatic hydroxyl groups is 1. The van der Waals surface area contributed by atoms with Crippen molar-refractivity contribution in [1.29, 1.82) is 0 Å². The van der Waals surface area contributed by atoms with Gasteiger partial charge in [-0.2, -0.15) is 26.3 Å². The van der Waals surface area contributed by atoms with Crippen LogP contribution in [0.4, 0.5) is 26.3 Å². The van der Waals surface area contributed by atoms with Gasteiger partial charge in [0, 0.05) is 18.6 Å². The molecule has 2 aliphatic carbocycles. The Morgan fingerprint density at radius 2 is 1.50 bits per heavy atom.